The highest BCUT2D eigenvalue weighted by atomic mass is 32.2. The number of benzene rings is 1. The van der Waals surface area contributed by atoms with E-state index in [1.165, 1.54) is 10.5 Å². The molecule has 1 aromatic carbocycles. The summed E-state index contributed by atoms with van der Waals surface area (Å²) in [5, 5.41) is 3.47. The average molecular weight is 267 g/mol. The summed E-state index contributed by atoms with van der Waals surface area (Å²) >= 11 is 1.89. The Morgan fingerprint density at radius 2 is 2.00 bits per heavy atom. The van der Waals surface area contributed by atoms with Gasteiger partial charge in [-0.25, -0.2) is 0 Å². The molecule has 0 aromatic heterocycles. The summed E-state index contributed by atoms with van der Waals surface area (Å²) in [4.78, 5) is 1.30. The van der Waals surface area contributed by atoms with E-state index in [9.17, 15) is 0 Å². The fourth-order valence-electron chi connectivity index (χ4n) is 1.96. The monoisotopic (exact) mass is 267 g/mol. The fourth-order valence-corrected chi connectivity index (χ4v) is 3.15. The van der Waals surface area contributed by atoms with Crippen molar-refractivity contribution in [2.75, 3.05) is 13.7 Å². The highest BCUT2D eigenvalue weighted by Crippen LogP contribution is 2.40. The highest BCUT2D eigenvalue weighted by molar-refractivity contribution is 8.00. The van der Waals surface area contributed by atoms with Crippen LogP contribution in [0.25, 0.3) is 0 Å². The van der Waals surface area contributed by atoms with Gasteiger partial charge in [-0.15, -0.1) is 11.8 Å². The van der Waals surface area contributed by atoms with Crippen LogP contribution in [0.15, 0.2) is 23.1 Å². The maximum Gasteiger partial charge on any atom is 0.124 e. The molecule has 1 N–H and O–H groups in total. The Labute approximate surface area is 116 Å². The van der Waals surface area contributed by atoms with E-state index in [2.05, 4.69) is 52.1 Å². The Morgan fingerprint density at radius 3 is 2.50 bits per heavy atom. The molecule has 0 radical (unpaired) electrons. The molecule has 1 unspecified atom stereocenters. The zero-order valence-electron chi connectivity index (χ0n) is 12.3. The van der Waals surface area contributed by atoms with Crippen LogP contribution in [-0.4, -0.2) is 18.4 Å². The highest BCUT2D eigenvalue weighted by Gasteiger charge is 2.20. The molecular formula is C15H25NOS. The third kappa shape index (κ3) is 4.21. The largest absolute Gasteiger partial charge is 0.496 e. The summed E-state index contributed by atoms with van der Waals surface area (Å²) in [5.74, 6) is 0.970. The third-order valence-electron chi connectivity index (χ3n) is 2.61. The van der Waals surface area contributed by atoms with Crippen molar-refractivity contribution in [3.05, 3.63) is 23.8 Å². The van der Waals surface area contributed by atoms with Gasteiger partial charge in [0.05, 0.1) is 7.11 Å². The predicted molar refractivity (Wildman–Crippen MR) is 80.7 cm³/mol. The van der Waals surface area contributed by atoms with Crippen LogP contribution in [-0.2, 0) is 0 Å². The molecule has 0 aliphatic heterocycles. The molecule has 0 spiro atoms. The second-order valence-corrected chi connectivity index (χ2v) is 7.23. The number of methoxy groups -OCH3 is 1. The first kappa shape index (κ1) is 15.4. The Morgan fingerprint density at radius 1 is 1.33 bits per heavy atom. The van der Waals surface area contributed by atoms with Gasteiger partial charge < -0.3 is 10.1 Å². The summed E-state index contributed by atoms with van der Waals surface area (Å²) in [6.07, 6.45) is 0. The topological polar surface area (TPSA) is 21.3 Å². The van der Waals surface area contributed by atoms with Gasteiger partial charge in [0, 0.05) is 21.2 Å². The molecule has 102 valence electrons. The molecule has 18 heavy (non-hydrogen) atoms. The van der Waals surface area contributed by atoms with Crippen molar-refractivity contribution in [2.24, 2.45) is 0 Å². The molecule has 0 bridgehead atoms. The van der Waals surface area contributed by atoms with Crippen molar-refractivity contribution in [2.45, 2.75) is 50.3 Å². The maximum atomic E-state index is 5.51. The van der Waals surface area contributed by atoms with Gasteiger partial charge in [0.2, 0.25) is 0 Å². The molecule has 0 heterocycles. The Hall–Kier alpha value is -0.670. The van der Waals surface area contributed by atoms with Crippen molar-refractivity contribution >= 4 is 11.8 Å². The normalized spacial score (nSPS) is 13.4. The molecule has 0 saturated heterocycles. The van der Waals surface area contributed by atoms with E-state index in [1.54, 1.807) is 7.11 Å². The molecule has 3 heteroatoms. The number of nitrogens with one attached hydrogen (secondary N) is 1. The van der Waals surface area contributed by atoms with Crippen LogP contribution in [0.2, 0.25) is 0 Å². The van der Waals surface area contributed by atoms with E-state index in [1.807, 2.05) is 17.8 Å². The smallest absolute Gasteiger partial charge is 0.124 e. The van der Waals surface area contributed by atoms with Gasteiger partial charge in [0.15, 0.2) is 0 Å². The van der Waals surface area contributed by atoms with Crippen LogP contribution >= 0.6 is 11.8 Å². The van der Waals surface area contributed by atoms with E-state index in [4.69, 9.17) is 4.74 Å². The van der Waals surface area contributed by atoms with Crippen molar-refractivity contribution < 1.29 is 4.74 Å². The average Bonchev–Trinajstić information content (AvgIpc) is 2.26. The van der Waals surface area contributed by atoms with Crippen LogP contribution in [0.1, 0.15) is 46.2 Å². The lowest BCUT2D eigenvalue weighted by molar-refractivity contribution is 0.400. The van der Waals surface area contributed by atoms with Crippen molar-refractivity contribution in [1.82, 2.24) is 5.32 Å². The predicted octanol–water partition coefficient (Wildman–Crippen LogP) is 4.26. The molecule has 0 saturated carbocycles. The van der Waals surface area contributed by atoms with Gasteiger partial charge in [0.25, 0.3) is 0 Å². The molecule has 1 aromatic rings. The first-order chi connectivity index (χ1) is 8.39. The van der Waals surface area contributed by atoms with Gasteiger partial charge >= 0.3 is 0 Å². The lowest BCUT2D eigenvalue weighted by Gasteiger charge is -2.24. The van der Waals surface area contributed by atoms with E-state index in [-0.39, 0.29) is 4.75 Å². The van der Waals surface area contributed by atoms with Crippen molar-refractivity contribution in [1.29, 1.82) is 0 Å². The zero-order valence-corrected chi connectivity index (χ0v) is 13.1. The first-order valence-electron chi connectivity index (χ1n) is 6.48. The lowest BCUT2D eigenvalue weighted by Crippen LogP contribution is -2.20. The Kier molecular flexibility index (Phi) is 5.54. The summed E-state index contributed by atoms with van der Waals surface area (Å²) in [5.41, 5.74) is 1.27. The van der Waals surface area contributed by atoms with Gasteiger partial charge in [-0.3, -0.25) is 0 Å². The Bertz CT molecular complexity index is 385. The quantitative estimate of drug-likeness (QED) is 0.806. The first-order valence-corrected chi connectivity index (χ1v) is 7.30. The molecule has 0 fully saturated rings. The minimum atomic E-state index is 0.201. The summed E-state index contributed by atoms with van der Waals surface area (Å²) in [6.45, 7) is 12.0. The van der Waals surface area contributed by atoms with E-state index < -0.39 is 0 Å². The van der Waals surface area contributed by atoms with E-state index in [0.29, 0.717) is 6.04 Å². The number of rotatable bonds is 5. The van der Waals surface area contributed by atoms with Gasteiger partial charge in [-0.2, -0.15) is 0 Å². The van der Waals surface area contributed by atoms with Gasteiger partial charge in [0.1, 0.15) is 5.75 Å². The second kappa shape index (κ2) is 6.48. The van der Waals surface area contributed by atoms with Crippen LogP contribution in [0, 0.1) is 0 Å². The molecule has 1 atom stereocenters. The second-order valence-electron chi connectivity index (χ2n) is 5.37. The SMILES string of the molecule is CCNC(C)c1c(OC)cccc1SC(C)(C)C. The summed E-state index contributed by atoms with van der Waals surface area (Å²) < 4.78 is 5.72. The minimum absolute atomic E-state index is 0.201. The molecule has 2 nitrogen and oxygen atoms in total. The summed E-state index contributed by atoms with van der Waals surface area (Å²) in [6, 6.07) is 6.59. The number of hydrogen-bond acceptors (Lipinski definition) is 3. The lowest BCUT2D eigenvalue weighted by atomic mass is 10.1. The molecular weight excluding hydrogens is 242 g/mol. The van der Waals surface area contributed by atoms with Crippen LogP contribution in [0.4, 0.5) is 0 Å². The van der Waals surface area contributed by atoms with Crippen LogP contribution in [0.5, 0.6) is 5.75 Å². The van der Waals surface area contributed by atoms with Crippen molar-refractivity contribution in [3.8, 4) is 5.75 Å². The maximum absolute atomic E-state index is 5.51. The van der Waals surface area contributed by atoms with Gasteiger partial charge in [-0.05, 0) is 25.6 Å². The molecule has 0 aliphatic rings. The minimum Gasteiger partial charge on any atom is -0.496 e. The van der Waals surface area contributed by atoms with Crippen LogP contribution < -0.4 is 10.1 Å². The van der Waals surface area contributed by atoms with Crippen LogP contribution in [0.3, 0.4) is 0 Å². The van der Waals surface area contributed by atoms with E-state index in [0.717, 1.165) is 12.3 Å². The third-order valence-corrected chi connectivity index (χ3v) is 3.79. The van der Waals surface area contributed by atoms with Gasteiger partial charge in [-0.1, -0.05) is 33.8 Å². The standard InChI is InChI=1S/C15H25NOS/c1-7-16-11(2)14-12(17-6)9-8-10-13(14)18-15(3,4)5/h8-11,16H,7H2,1-6H3. The summed E-state index contributed by atoms with van der Waals surface area (Å²) in [7, 11) is 1.74. The number of thioether (sulfide) groups is 1. The number of hydrogen-bond donors (Lipinski definition) is 1. The molecule has 0 amide bonds. The van der Waals surface area contributed by atoms with E-state index >= 15 is 0 Å². The molecule has 0 aliphatic carbocycles. The Balaban J connectivity index is 3.16. The number of ether oxygens (including phenoxy) is 1. The van der Waals surface area contributed by atoms with Crippen molar-refractivity contribution in [3.63, 3.8) is 0 Å². The molecule has 1 rings (SSSR count). The zero-order chi connectivity index (χ0) is 13.8. The fraction of sp³-hybridized carbons (Fsp3) is 0.600.